The van der Waals surface area contributed by atoms with Crippen LogP contribution in [0.25, 0.3) is 0 Å². The molecule has 1 atom stereocenters. The van der Waals surface area contributed by atoms with Gasteiger partial charge in [-0.3, -0.25) is 14.6 Å². The van der Waals surface area contributed by atoms with E-state index in [1.54, 1.807) is 48.8 Å². The zero-order valence-electron chi connectivity index (χ0n) is 17.1. The molecule has 2 amide bonds. The lowest BCUT2D eigenvalue weighted by Gasteiger charge is -2.19. The number of benzene rings is 2. The maximum atomic E-state index is 13.6. The van der Waals surface area contributed by atoms with Gasteiger partial charge in [0.05, 0.1) is 5.41 Å². The van der Waals surface area contributed by atoms with Crippen molar-refractivity contribution >= 4 is 17.5 Å². The van der Waals surface area contributed by atoms with Crippen molar-refractivity contribution in [2.75, 3.05) is 11.9 Å². The Morgan fingerprint density at radius 2 is 1.69 bits per heavy atom. The fraction of sp³-hybridized carbons (Fsp3) is 0.208. The van der Waals surface area contributed by atoms with E-state index in [2.05, 4.69) is 15.6 Å². The Labute approximate surface area is 183 Å². The third kappa shape index (κ3) is 4.50. The normalized spacial score (nSPS) is 15.0. The molecule has 8 heteroatoms. The molecule has 4 rings (SSSR count). The van der Waals surface area contributed by atoms with Crippen molar-refractivity contribution < 1.29 is 18.4 Å². The molecule has 0 aliphatic heterocycles. The van der Waals surface area contributed by atoms with Crippen LogP contribution in [0.4, 0.5) is 14.5 Å². The summed E-state index contributed by atoms with van der Waals surface area (Å²) in [4.78, 5) is 29.0. The first-order chi connectivity index (χ1) is 15.4. The van der Waals surface area contributed by atoms with E-state index in [4.69, 9.17) is 5.73 Å². The Morgan fingerprint density at radius 1 is 1.00 bits per heavy atom. The number of nitrogens with zero attached hydrogens (tertiary/aromatic N) is 1. The average molecular weight is 436 g/mol. The summed E-state index contributed by atoms with van der Waals surface area (Å²) in [7, 11) is 0. The molecule has 3 aromatic rings. The van der Waals surface area contributed by atoms with Crippen LogP contribution in [0.15, 0.2) is 67.0 Å². The average Bonchev–Trinajstić information content (AvgIpc) is 3.62. The van der Waals surface area contributed by atoms with Gasteiger partial charge in [0, 0.05) is 36.2 Å². The molecule has 1 aliphatic rings. The molecule has 6 nitrogen and oxygen atoms in total. The first kappa shape index (κ1) is 21.6. The van der Waals surface area contributed by atoms with Gasteiger partial charge >= 0.3 is 0 Å². The molecule has 1 aromatic heterocycles. The lowest BCUT2D eigenvalue weighted by molar-refractivity contribution is -0.123. The molecule has 1 heterocycles. The SMILES string of the molecule is NC(CNC(=O)C1(c2ccc(F)c(F)c2)CC1)c1ccc(C(=O)Nc2ccncc2)cc1. The van der Waals surface area contributed by atoms with Crippen LogP contribution in [0.2, 0.25) is 0 Å². The molecule has 1 fully saturated rings. The lowest BCUT2D eigenvalue weighted by atomic mass is 9.94. The minimum Gasteiger partial charge on any atom is -0.353 e. The van der Waals surface area contributed by atoms with Gasteiger partial charge in [-0.25, -0.2) is 8.78 Å². The number of hydrogen-bond donors (Lipinski definition) is 3. The highest BCUT2D eigenvalue weighted by molar-refractivity contribution is 6.04. The predicted octanol–water partition coefficient (Wildman–Crippen LogP) is 3.46. The summed E-state index contributed by atoms with van der Waals surface area (Å²) >= 11 is 0. The van der Waals surface area contributed by atoms with Crippen LogP contribution in [0.1, 0.15) is 40.4 Å². The van der Waals surface area contributed by atoms with Crippen LogP contribution >= 0.6 is 0 Å². The number of amides is 2. The van der Waals surface area contributed by atoms with E-state index in [0.29, 0.717) is 29.7 Å². The van der Waals surface area contributed by atoms with E-state index >= 15 is 0 Å². The first-order valence-electron chi connectivity index (χ1n) is 10.2. The summed E-state index contributed by atoms with van der Waals surface area (Å²) in [5.74, 6) is -2.42. The zero-order valence-corrected chi connectivity index (χ0v) is 17.1. The Kier molecular flexibility index (Phi) is 5.96. The molecule has 1 unspecified atom stereocenters. The summed E-state index contributed by atoms with van der Waals surface area (Å²) in [6.07, 6.45) is 4.32. The minimum atomic E-state index is -0.966. The molecule has 0 bridgehead atoms. The second-order valence-corrected chi connectivity index (χ2v) is 7.84. The smallest absolute Gasteiger partial charge is 0.255 e. The van der Waals surface area contributed by atoms with E-state index in [0.717, 1.165) is 17.7 Å². The van der Waals surface area contributed by atoms with E-state index in [1.165, 1.54) is 6.07 Å². The molecule has 0 spiro atoms. The minimum absolute atomic E-state index is 0.173. The quantitative estimate of drug-likeness (QED) is 0.528. The number of rotatable bonds is 7. The van der Waals surface area contributed by atoms with Crippen molar-refractivity contribution in [3.05, 3.63) is 95.3 Å². The molecule has 1 saturated carbocycles. The van der Waals surface area contributed by atoms with Crippen molar-refractivity contribution in [2.24, 2.45) is 5.73 Å². The molecule has 0 radical (unpaired) electrons. The van der Waals surface area contributed by atoms with Crippen LogP contribution in [0.3, 0.4) is 0 Å². The molecule has 164 valence electrons. The maximum absolute atomic E-state index is 13.6. The van der Waals surface area contributed by atoms with Crippen LogP contribution in [-0.4, -0.2) is 23.3 Å². The number of halogens is 2. The van der Waals surface area contributed by atoms with Crippen LogP contribution in [0, 0.1) is 11.6 Å². The van der Waals surface area contributed by atoms with E-state index in [-0.39, 0.29) is 18.4 Å². The topological polar surface area (TPSA) is 97.1 Å². The molecule has 2 aromatic carbocycles. The van der Waals surface area contributed by atoms with Gasteiger partial charge < -0.3 is 16.4 Å². The number of pyridine rings is 1. The van der Waals surface area contributed by atoms with E-state index in [9.17, 15) is 18.4 Å². The van der Waals surface area contributed by atoms with Gasteiger partial charge in [-0.05, 0) is 60.4 Å². The van der Waals surface area contributed by atoms with Crippen molar-refractivity contribution in [2.45, 2.75) is 24.3 Å². The summed E-state index contributed by atoms with van der Waals surface area (Å²) < 4.78 is 26.8. The number of hydrogen-bond acceptors (Lipinski definition) is 4. The van der Waals surface area contributed by atoms with E-state index < -0.39 is 23.1 Å². The Balaban J connectivity index is 1.35. The molecule has 1 aliphatic carbocycles. The first-order valence-corrected chi connectivity index (χ1v) is 10.2. The predicted molar refractivity (Wildman–Crippen MR) is 116 cm³/mol. The fourth-order valence-electron chi connectivity index (χ4n) is 3.58. The molecule has 32 heavy (non-hydrogen) atoms. The Hall–Kier alpha value is -3.65. The van der Waals surface area contributed by atoms with Crippen molar-refractivity contribution in [1.29, 1.82) is 0 Å². The number of anilines is 1. The summed E-state index contributed by atoms with van der Waals surface area (Å²) in [6.45, 7) is 0.173. The van der Waals surface area contributed by atoms with Crippen LogP contribution in [0.5, 0.6) is 0 Å². The number of nitrogens with one attached hydrogen (secondary N) is 2. The van der Waals surface area contributed by atoms with Gasteiger partial charge in [-0.15, -0.1) is 0 Å². The van der Waals surface area contributed by atoms with Crippen LogP contribution in [-0.2, 0) is 10.2 Å². The standard InChI is InChI=1S/C24H22F2N4O2/c25-19-6-5-17(13-20(19)26)24(9-10-24)23(32)29-14-21(27)15-1-3-16(4-2-15)22(31)30-18-7-11-28-12-8-18/h1-8,11-13,21H,9-10,14,27H2,(H,29,32)(H,28,30,31). The lowest BCUT2D eigenvalue weighted by Crippen LogP contribution is -2.39. The third-order valence-corrected chi connectivity index (χ3v) is 5.68. The van der Waals surface area contributed by atoms with E-state index in [1.807, 2.05) is 0 Å². The number of carbonyl (C=O) groups excluding carboxylic acids is 2. The van der Waals surface area contributed by atoms with Crippen LogP contribution < -0.4 is 16.4 Å². The Morgan fingerprint density at radius 3 is 2.31 bits per heavy atom. The maximum Gasteiger partial charge on any atom is 0.255 e. The van der Waals surface area contributed by atoms with Gasteiger partial charge in [0.2, 0.25) is 5.91 Å². The summed E-state index contributed by atoms with van der Waals surface area (Å²) in [5, 5.41) is 5.60. The molecular formula is C24H22F2N4O2. The van der Waals surface area contributed by atoms with Crippen molar-refractivity contribution in [3.8, 4) is 0 Å². The second kappa shape index (κ2) is 8.84. The second-order valence-electron chi connectivity index (χ2n) is 7.84. The van der Waals surface area contributed by atoms with Gasteiger partial charge in [0.1, 0.15) is 0 Å². The van der Waals surface area contributed by atoms with Gasteiger partial charge in [0.15, 0.2) is 11.6 Å². The van der Waals surface area contributed by atoms with Gasteiger partial charge in [-0.2, -0.15) is 0 Å². The summed E-state index contributed by atoms with van der Waals surface area (Å²) in [6, 6.07) is 13.3. The molecule has 4 N–H and O–H groups in total. The van der Waals surface area contributed by atoms with Gasteiger partial charge in [0.25, 0.3) is 5.91 Å². The highest BCUT2D eigenvalue weighted by Crippen LogP contribution is 2.48. The molecule has 0 saturated heterocycles. The monoisotopic (exact) mass is 436 g/mol. The van der Waals surface area contributed by atoms with Crippen molar-refractivity contribution in [1.82, 2.24) is 10.3 Å². The third-order valence-electron chi connectivity index (χ3n) is 5.68. The van der Waals surface area contributed by atoms with Gasteiger partial charge in [-0.1, -0.05) is 18.2 Å². The number of aromatic nitrogens is 1. The fourth-order valence-corrected chi connectivity index (χ4v) is 3.58. The Bertz CT molecular complexity index is 1130. The summed E-state index contributed by atoms with van der Waals surface area (Å²) in [5.41, 5.74) is 7.71. The highest BCUT2D eigenvalue weighted by Gasteiger charge is 2.51. The largest absolute Gasteiger partial charge is 0.353 e. The zero-order chi connectivity index (χ0) is 22.7. The number of carbonyl (C=O) groups is 2. The highest BCUT2D eigenvalue weighted by atomic mass is 19.2. The number of nitrogens with two attached hydrogens (primary N) is 1. The van der Waals surface area contributed by atoms with Crippen molar-refractivity contribution in [3.63, 3.8) is 0 Å². The molecular weight excluding hydrogens is 414 g/mol.